The highest BCUT2D eigenvalue weighted by Gasteiger charge is 2.12. The number of amides is 1. The lowest BCUT2D eigenvalue weighted by Gasteiger charge is -2.08. The van der Waals surface area contributed by atoms with Crippen molar-refractivity contribution in [1.29, 1.82) is 0 Å². The number of hydrazone groups is 1. The fraction of sp³-hybridized carbons (Fsp3) is 0.176. The first-order chi connectivity index (χ1) is 11.9. The minimum Gasteiger partial charge on any atom is -0.502 e. The molecule has 0 bridgehead atoms. The summed E-state index contributed by atoms with van der Waals surface area (Å²) in [4.78, 5) is 21.6. The van der Waals surface area contributed by atoms with Gasteiger partial charge in [-0.05, 0) is 43.2 Å². The molecule has 0 aromatic heterocycles. The average molecular weight is 343 g/mol. The molecule has 0 atom stereocenters. The van der Waals surface area contributed by atoms with E-state index in [0.717, 1.165) is 17.2 Å². The van der Waals surface area contributed by atoms with Gasteiger partial charge in [-0.2, -0.15) is 5.10 Å². The van der Waals surface area contributed by atoms with E-state index in [1.807, 2.05) is 26.0 Å². The number of hydrogen-bond acceptors (Lipinski definition) is 6. The van der Waals surface area contributed by atoms with Crippen molar-refractivity contribution in [3.8, 4) is 11.5 Å². The van der Waals surface area contributed by atoms with Gasteiger partial charge in [0.25, 0.3) is 5.91 Å². The average Bonchev–Trinajstić information content (AvgIpc) is 2.53. The molecule has 2 rings (SSSR count). The van der Waals surface area contributed by atoms with Gasteiger partial charge in [-0.1, -0.05) is 17.7 Å². The molecular formula is C17H17N3O5. The van der Waals surface area contributed by atoms with Crippen LogP contribution in [0, 0.1) is 24.0 Å². The molecule has 0 aliphatic heterocycles. The van der Waals surface area contributed by atoms with Crippen molar-refractivity contribution < 1.29 is 19.6 Å². The van der Waals surface area contributed by atoms with Crippen LogP contribution in [0.3, 0.4) is 0 Å². The number of ether oxygens (including phenoxy) is 1. The SMILES string of the molecule is Cc1ccc(OCC(=O)NN=Cc2ccc([N+](=O)[O-])c(O)c2)c(C)c1. The van der Waals surface area contributed by atoms with Gasteiger partial charge in [-0.25, -0.2) is 5.43 Å². The molecule has 130 valence electrons. The standard InChI is InChI=1S/C17H17N3O5/c1-11-3-6-16(12(2)7-11)25-10-17(22)19-18-9-13-4-5-14(20(23)24)15(21)8-13/h3-9,21H,10H2,1-2H3,(H,19,22). The van der Waals surface area contributed by atoms with Crippen LogP contribution >= 0.6 is 0 Å². The van der Waals surface area contributed by atoms with Gasteiger partial charge in [-0.3, -0.25) is 14.9 Å². The predicted octanol–water partition coefficient (Wildman–Crippen LogP) is 2.45. The molecule has 0 radical (unpaired) electrons. The zero-order valence-electron chi connectivity index (χ0n) is 13.7. The quantitative estimate of drug-likeness (QED) is 0.475. The third-order valence-corrected chi connectivity index (χ3v) is 3.29. The van der Waals surface area contributed by atoms with Crippen molar-refractivity contribution in [2.45, 2.75) is 13.8 Å². The van der Waals surface area contributed by atoms with Gasteiger partial charge in [0.15, 0.2) is 12.4 Å². The number of nitro groups is 1. The number of aryl methyl sites for hydroxylation is 2. The molecule has 25 heavy (non-hydrogen) atoms. The zero-order chi connectivity index (χ0) is 18.4. The lowest BCUT2D eigenvalue weighted by Crippen LogP contribution is -2.24. The van der Waals surface area contributed by atoms with Gasteiger partial charge in [0, 0.05) is 6.07 Å². The van der Waals surface area contributed by atoms with E-state index < -0.39 is 22.3 Å². The topological polar surface area (TPSA) is 114 Å². The van der Waals surface area contributed by atoms with E-state index in [1.54, 1.807) is 6.07 Å². The summed E-state index contributed by atoms with van der Waals surface area (Å²) in [6.45, 7) is 3.65. The maximum Gasteiger partial charge on any atom is 0.310 e. The van der Waals surface area contributed by atoms with Gasteiger partial charge in [-0.15, -0.1) is 0 Å². The van der Waals surface area contributed by atoms with E-state index in [9.17, 15) is 20.0 Å². The molecule has 0 fully saturated rings. The lowest BCUT2D eigenvalue weighted by atomic mass is 10.1. The number of phenolic OH excluding ortho intramolecular Hbond substituents is 1. The fourth-order valence-corrected chi connectivity index (χ4v) is 2.09. The first-order valence-electron chi connectivity index (χ1n) is 7.36. The molecule has 1 amide bonds. The van der Waals surface area contributed by atoms with E-state index in [4.69, 9.17) is 4.74 Å². The number of nitrogens with one attached hydrogen (secondary N) is 1. The fourth-order valence-electron chi connectivity index (χ4n) is 2.09. The van der Waals surface area contributed by atoms with Crippen LogP contribution in [0.4, 0.5) is 5.69 Å². The lowest BCUT2D eigenvalue weighted by molar-refractivity contribution is -0.385. The highest BCUT2D eigenvalue weighted by molar-refractivity contribution is 5.83. The molecule has 0 unspecified atom stereocenters. The molecule has 0 spiro atoms. The predicted molar refractivity (Wildman–Crippen MR) is 91.9 cm³/mol. The summed E-state index contributed by atoms with van der Waals surface area (Å²) in [6, 6.07) is 9.37. The van der Waals surface area contributed by atoms with Crippen molar-refractivity contribution in [2.24, 2.45) is 5.10 Å². The minimum absolute atomic E-state index is 0.202. The maximum atomic E-state index is 11.7. The smallest absolute Gasteiger partial charge is 0.310 e. The van der Waals surface area contributed by atoms with Crippen molar-refractivity contribution in [2.75, 3.05) is 6.61 Å². The molecule has 8 nitrogen and oxygen atoms in total. The highest BCUT2D eigenvalue weighted by atomic mass is 16.6. The van der Waals surface area contributed by atoms with Gasteiger partial charge < -0.3 is 9.84 Å². The van der Waals surface area contributed by atoms with Crippen LogP contribution in [-0.4, -0.2) is 28.8 Å². The summed E-state index contributed by atoms with van der Waals surface area (Å²) in [5, 5.41) is 23.8. The maximum absolute atomic E-state index is 11.7. The van der Waals surface area contributed by atoms with Crippen molar-refractivity contribution in [3.63, 3.8) is 0 Å². The Bertz CT molecular complexity index is 833. The molecule has 0 saturated carbocycles. The van der Waals surface area contributed by atoms with Gasteiger partial charge in [0.1, 0.15) is 5.75 Å². The second-order valence-electron chi connectivity index (χ2n) is 5.36. The molecule has 2 aromatic rings. The number of benzene rings is 2. The number of nitrogens with zero attached hydrogens (tertiary/aromatic N) is 2. The number of carbonyl (C=O) groups is 1. The van der Waals surface area contributed by atoms with Gasteiger partial charge in [0.05, 0.1) is 11.1 Å². The monoisotopic (exact) mass is 343 g/mol. The zero-order valence-corrected chi connectivity index (χ0v) is 13.7. The Balaban J connectivity index is 1.88. The minimum atomic E-state index is -0.692. The summed E-state index contributed by atoms with van der Waals surface area (Å²) in [6.07, 6.45) is 1.26. The Hall–Kier alpha value is -3.42. The molecule has 0 aliphatic rings. The van der Waals surface area contributed by atoms with E-state index in [2.05, 4.69) is 10.5 Å². The van der Waals surface area contributed by atoms with Crippen molar-refractivity contribution in [1.82, 2.24) is 5.43 Å². The van der Waals surface area contributed by atoms with Crippen LogP contribution in [0.25, 0.3) is 0 Å². The number of aromatic hydroxyl groups is 1. The normalized spacial score (nSPS) is 10.6. The molecule has 0 aliphatic carbocycles. The summed E-state index contributed by atoms with van der Waals surface area (Å²) < 4.78 is 5.42. The second kappa shape index (κ2) is 7.91. The Labute approximate surface area is 143 Å². The number of hydrogen-bond donors (Lipinski definition) is 2. The summed E-state index contributed by atoms with van der Waals surface area (Å²) >= 11 is 0. The summed E-state index contributed by atoms with van der Waals surface area (Å²) in [7, 11) is 0. The Kier molecular flexibility index (Phi) is 5.67. The molecule has 0 saturated heterocycles. The Morgan fingerprint density at radius 2 is 2.08 bits per heavy atom. The number of carbonyl (C=O) groups excluding carboxylic acids is 1. The highest BCUT2D eigenvalue weighted by Crippen LogP contribution is 2.25. The van der Waals surface area contributed by atoms with E-state index >= 15 is 0 Å². The van der Waals surface area contributed by atoms with Crippen molar-refractivity contribution >= 4 is 17.8 Å². The van der Waals surface area contributed by atoms with E-state index in [0.29, 0.717) is 11.3 Å². The number of rotatable bonds is 6. The van der Waals surface area contributed by atoms with Crippen LogP contribution in [0.2, 0.25) is 0 Å². The molecular weight excluding hydrogens is 326 g/mol. The molecule has 2 aromatic carbocycles. The first kappa shape index (κ1) is 17.9. The molecule has 0 heterocycles. The van der Waals surface area contributed by atoms with Crippen molar-refractivity contribution in [3.05, 3.63) is 63.2 Å². The van der Waals surface area contributed by atoms with Crippen LogP contribution in [-0.2, 0) is 4.79 Å². The van der Waals surface area contributed by atoms with Crippen LogP contribution in [0.5, 0.6) is 11.5 Å². The van der Waals surface area contributed by atoms with E-state index in [1.165, 1.54) is 18.3 Å². The Morgan fingerprint density at radius 3 is 2.72 bits per heavy atom. The second-order valence-corrected chi connectivity index (χ2v) is 5.36. The Morgan fingerprint density at radius 1 is 1.32 bits per heavy atom. The molecule has 2 N–H and O–H groups in total. The third-order valence-electron chi connectivity index (χ3n) is 3.29. The van der Waals surface area contributed by atoms with Crippen LogP contribution < -0.4 is 10.2 Å². The largest absolute Gasteiger partial charge is 0.502 e. The third kappa shape index (κ3) is 5.03. The van der Waals surface area contributed by atoms with Gasteiger partial charge >= 0.3 is 5.69 Å². The van der Waals surface area contributed by atoms with Crippen LogP contribution in [0.15, 0.2) is 41.5 Å². The van der Waals surface area contributed by atoms with E-state index in [-0.39, 0.29) is 6.61 Å². The van der Waals surface area contributed by atoms with Crippen LogP contribution in [0.1, 0.15) is 16.7 Å². The molecule has 8 heteroatoms. The first-order valence-corrected chi connectivity index (χ1v) is 7.36. The summed E-state index contributed by atoms with van der Waals surface area (Å²) in [5.74, 6) is -0.314. The van der Waals surface area contributed by atoms with Gasteiger partial charge in [0.2, 0.25) is 0 Å². The number of phenols is 1. The number of nitro benzene ring substituents is 1. The summed E-state index contributed by atoms with van der Waals surface area (Å²) in [5.41, 5.74) is 4.31.